The molecule has 0 atom stereocenters. The van der Waals surface area contributed by atoms with Crippen LogP contribution >= 0.6 is 0 Å². The molecule has 1 aromatic heterocycles. The monoisotopic (exact) mass is 550 g/mol. The van der Waals surface area contributed by atoms with E-state index in [1.54, 1.807) is 84.6 Å². The Morgan fingerprint density at radius 3 is 2.21 bits per heavy atom. The first-order valence-corrected chi connectivity index (χ1v) is 14.4. The second-order valence-corrected chi connectivity index (χ2v) is 11.5. The minimum atomic E-state index is -3.54. The molecule has 3 aromatic rings. The molecule has 39 heavy (non-hydrogen) atoms. The summed E-state index contributed by atoms with van der Waals surface area (Å²) in [4.78, 5) is 37.0. The number of sulfonamides is 1. The van der Waals surface area contributed by atoms with E-state index in [0.29, 0.717) is 49.9 Å². The third-order valence-corrected chi connectivity index (χ3v) is 8.61. The lowest BCUT2D eigenvalue weighted by Gasteiger charge is -2.34. The van der Waals surface area contributed by atoms with Gasteiger partial charge in [-0.2, -0.15) is 0 Å². The molecule has 0 radical (unpaired) electrons. The van der Waals surface area contributed by atoms with Gasteiger partial charge in [0, 0.05) is 69.7 Å². The Hall–Kier alpha value is -3.83. The number of carbonyl (C=O) groups excluding carboxylic acids is 2. The lowest BCUT2D eigenvalue weighted by Crippen LogP contribution is -2.50. The van der Waals surface area contributed by atoms with Crippen LogP contribution in [0.1, 0.15) is 37.0 Å². The van der Waals surface area contributed by atoms with Crippen molar-refractivity contribution in [3.05, 3.63) is 66.4 Å². The van der Waals surface area contributed by atoms with Crippen molar-refractivity contribution >= 4 is 33.5 Å². The van der Waals surface area contributed by atoms with Gasteiger partial charge in [0.2, 0.25) is 21.9 Å². The molecule has 10 nitrogen and oxygen atoms in total. The maximum Gasteiger partial charge on any atom is 0.253 e. The van der Waals surface area contributed by atoms with Crippen LogP contribution in [-0.2, 0) is 14.8 Å². The Balaban J connectivity index is 1.40. The highest BCUT2D eigenvalue weighted by molar-refractivity contribution is 7.89. The van der Waals surface area contributed by atoms with Crippen molar-refractivity contribution in [3.8, 4) is 11.3 Å². The van der Waals surface area contributed by atoms with Gasteiger partial charge in [0.05, 0.1) is 10.6 Å². The lowest BCUT2D eigenvalue weighted by molar-refractivity contribution is -0.130. The van der Waals surface area contributed by atoms with Crippen LogP contribution in [0, 0.1) is 0 Å². The number of unbranched alkanes of at least 4 members (excludes halogenated alkanes) is 1. The second kappa shape index (κ2) is 12.4. The van der Waals surface area contributed by atoms with Gasteiger partial charge in [0.15, 0.2) is 0 Å². The zero-order valence-electron chi connectivity index (χ0n) is 22.5. The van der Waals surface area contributed by atoms with Crippen molar-refractivity contribution in [1.29, 1.82) is 0 Å². The SMILES string of the molecule is CCCCN(C)S(=O)(=O)c1ccc(-c2ccnc(Nc3ccc(C(=O)N4CCN(C(C)=O)CC4)cc3)n2)cc1. The number of nitrogens with zero attached hydrogens (tertiary/aromatic N) is 5. The third kappa shape index (κ3) is 6.79. The van der Waals surface area contributed by atoms with Crippen LogP contribution in [0.25, 0.3) is 11.3 Å². The molecule has 2 amide bonds. The molecule has 0 unspecified atom stereocenters. The first-order valence-electron chi connectivity index (χ1n) is 13.0. The topological polar surface area (TPSA) is 116 Å². The Labute approximate surface area is 229 Å². The molecular weight excluding hydrogens is 516 g/mol. The Kier molecular flexibility index (Phi) is 8.93. The molecule has 0 saturated carbocycles. The van der Waals surface area contributed by atoms with Crippen LogP contribution in [0.15, 0.2) is 65.7 Å². The van der Waals surface area contributed by atoms with E-state index >= 15 is 0 Å². The first kappa shape index (κ1) is 28.2. The average molecular weight is 551 g/mol. The van der Waals surface area contributed by atoms with Crippen molar-refractivity contribution < 1.29 is 18.0 Å². The number of nitrogens with one attached hydrogen (secondary N) is 1. The van der Waals surface area contributed by atoms with Crippen LogP contribution in [-0.4, -0.2) is 84.1 Å². The molecule has 1 aliphatic rings. The van der Waals surface area contributed by atoms with Crippen LogP contribution < -0.4 is 5.32 Å². The van der Waals surface area contributed by atoms with E-state index in [2.05, 4.69) is 15.3 Å². The molecule has 1 aliphatic heterocycles. The predicted molar refractivity (Wildman–Crippen MR) is 150 cm³/mol. The summed E-state index contributed by atoms with van der Waals surface area (Å²) in [5, 5.41) is 3.15. The van der Waals surface area contributed by atoms with E-state index in [-0.39, 0.29) is 16.7 Å². The summed E-state index contributed by atoms with van der Waals surface area (Å²) in [6.45, 7) is 6.17. The molecule has 206 valence electrons. The summed E-state index contributed by atoms with van der Waals surface area (Å²) < 4.78 is 27.0. The van der Waals surface area contributed by atoms with E-state index in [9.17, 15) is 18.0 Å². The summed E-state index contributed by atoms with van der Waals surface area (Å²) in [5.74, 6) is 0.340. The quantitative estimate of drug-likeness (QED) is 0.433. The fourth-order valence-electron chi connectivity index (χ4n) is 4.29. The van der Waals surface area contributed by atoms with E-state index in [0.717, 1.165) is 24.1 Å². The molecule has 11 heteroatoms. The minimum absolute atomic E-state index is 0.0272. The molecule has 2 aromatic carbocycles. The highest BCUT2D eigenvalue weighted by atomic mass is 32.2. The van der Waals surface area contributed by atoms with Crippen LogP contribution in [0.4, 0.5) is 11.6 Å². The molecule has 4 rings (SSSR count). The number of piperazine rings is 1. The van der Waals surface area contributed by atoms with Gasteiger partial charge in [0.25, 0.3) is 5.91 Å². The zero-order valence-corrected chi connectivity index (χ0v) is 23.3. The molecule has 0 spiro atoms. The molecule has 0 aliphatic carbocycles. The summed E-state index contributed by atoms with van der Waals surface area (Å²) in [7, 11) is -1.94. The maximum atomic E-state index is 12.9. The van der Waals surface area contributed by atoms with E-state index in [1.807, 2.05) is 6.92 Å². The van der Waals surface area contributed by atoms with Gasteiger partial charge in [-0.05, 0) is 48.9 Å². The fourth-order valence-corrected chi connectivity index (χ4v) is 5.50. The second-order valence-electron chi connectivity index (χ2n) is 9.47. The van der Waals surface area contributed by atoms with E-state index in [4.69, 9.17) is 0 Å². The standard InChI is InChI=1S/C28H34N6O4S/c1-4-5-16-32(3)39(37,38)25-12-8-22(9-13-25)26-14-15-29-28(31-26)30-24-10-6-23(7-11-24)27(36)34-19-17-33(18-20-34)21(2)35/h6-15H,4-5,16-20H2,1-3H3,(H,29,30,31). The number of hydrogen-bond donors (Lipinski definition) is 1. The first-order chi connectivity index (χ1) is 18.7. The number of aromatic nitrogens is 2. The third-order valence-electron chi connectivity index (χ3n) is 6.74. The van der Waals surface area contributed by atoms with Gasteiger partial charge in [-0.3, -0.25) is 9.59 Å². The molecule has 1 fully saturated rings. The number of anilines is 2. The highest BCUT2D eigenvalue weighted by Gasteiger charge is 2.23. The number of amides is 2. The summed E-state index contributed by atoms with van der Waals surface area (Å²) >= 11 is 0. The smallest absolute Gasteiger partial charge is 0.253 e. The minimum Gasteiger partial charge on any atom is -0.339 e. The van der Waals surface area contributed by atoms with Gasteiger partial charge >= 0.3 is 0 Å². The molecule has 1 saturated heterocycles. The van der Waals surface area contributed by atoms with Gasteiger partial charge in [-0.25, -0.2) is 22.7 Å². The highest BCUT2D eigenvalue weighted by Crippen LogP contribution is 2.23. The lowest BCUT2D eigenvalue weighted by atomic mass is 10.1. The van der Waals surface area contributed by atoms with Crippen molar-refractivity contribution in [1.82, 2.24) is 24.1 Å². The number of hydrogen-bond acceptors (Lipinski definition) is 7. The maximum absolute atomic E-state index is 12.9. The predicted octanol–water partition coefficient (Wildman–Crippen LogP) is 3.61. The molecule has 2 heterocycles. The van der Waals surface area contributed by atoms with Crippen molar-refractivity contribution in [2.45, 2.75) is 31.6 Å². The summed E-state index contributed by atoms with van der Waals surface area (Å²) in [6.07, 6.45) is 3.36. The largest absolute Gasteiger partial charge is 0.339 e. The van der Waals surface area contributed by atoms with E-state index < -0.39 is 10.0 Å². The van der Waals surface area contributed by atoms with Crippen molar-refractivity contribution in [3.63, 3.8) is 0 Å². The molecule has 1 N–H and O–H groups in total. The average Bonchev–Trinajstić information content (AvgIpc) is 2.96. The normalized spacial score (nSPS) is 13.9. The fraction of sp³-hybridized carbons (Fsp3) is 0.357. The Morgan fingerprint density at radius 1 is 0.949 bits per heavy atom. The van der Waals surface area contributed by atoms with Crippen LogP contribution in [0.2, 0.25) is 0 Å². The van der Waals surface area contributed by atoms with Gasteiger partial charge < -0.3 is 15.1 Å². The molecular formula is C28H34N6O4S. The van der Waals surface area contributed by atoms with Gasteiger partial charge in [-0.1, -0.05) is 25.5 Å². The summed E-state index contributed by atoms with van der Waals surface area (Å²) in [6, 6.07) is 15.5. The molecule has 0 bridgehead atoms. The number of benzene rings is 2. The van der Waals surface area contributed by atoms with E-state index in [1.165, 1.54) is 4.31 Å². The van der Waals surface area contributed by atoms with Crippen molar-refractivity contribution in [2.24, 2.45) is 0 Å². The Bertz CT molecular complexity index is 1400. The Morgan fingerprint density at radius 2 is 1.59 bits per heavy atom. The van der Waals surface area contributed by atoms with Gasteiger partial charge in [0.1, 0.15) is 0 Å². The number of rotatable bonds is 9. The van der Waals surface area contributed by atoms with Crippen LogP contribution in [0.5, 0.6) is 0 Å². The zero-order chi connectivity index (χ0) is 28.0. The van der Waals surface area contributed by atoms with Crippen molar-refractivity contribution in [2.75, 3.05) is 45.1 Å². The number of carbonyl (C=O) groups is 2. The summed E-state index contributed by atoms with van der Waals surface area (Å²) in [5.41, 5.74) is 2.71. The van der Waals surface area contributed by atoms with Gasteiger partial charge in [-0.15, -0.1) is 0 Å². The van der Waals surface area contributed by atoms with Crippen LogP contribution in [0.3, 0.4) is 0 Å².